The molecule has 0 radical (unpaired) electrons. The largest absolute Gasteiger partial charge is 0.351 e. The summed E-state index contributed by atoms with van der Waals surface area (Å²) in [4.78, 5) is 0. The molecule has 1 aromatic heterocycles. The molecule has 2 heteroatoms. The van der Waals surface area contributed by atoms with Crippen LogP contribution < -0.4 is 5.32 Å². The van der Waals surface area contributed by atoms with Gasteiger partial charge in [0.15, 0.2) is 0 Å². The van der Waals surface area contributed by atoms with E-state index in [2.05, 4.69) is 47.4 Å². The highest BCUT2D eigenvalue weighted by Crippen LogP contribution is 2.26. The summed E-state index contributed by atoms with van der Waals surface area (Å²) in [6.45, 7) is 1.16. The van der Waals surface area contributed by atoms with Crippen LogP contribution in [0.1, 0.15) is 24.4 Å². The van der Waals surface area contributed by atoms with E-state index in [-0.39, 0.29) is 0 Å². The molecule has 0 unspecified atom stereocenters. The first-order valence-electron chi connectivity index (χ1n) is 5.63. The summed E-state index contributed by atoms with van der Waals surface area (Å²) in [7, 11) is 2.09. The van der Waals surface area contributed by atoms with Crippen molar-refractivity contribution < 1.29 is 0 Å². The van der Waals surface area contributed by atoms with Crippen LogP contribution >= 0.6 is 0 Å². The summed E-state index contributed by atoms with van der Waals surface area (Å²) >= 11 is 0. The maximum absolute atomic E-state index is 3.54. The van der Waals surface area contributed by atoms with Crippen molar-refractivity contribution in [3.05, 3.63) is 36.0 Å². The highest BCUT2D eigenvalue weighted by molar-refractivity contribution is 5.80. The quantitative estimate of drug-likeness (QED) is 0.748. The Morgan fingerprint density at radius 3 is 3.07 bits per heavy atom. The van der Waals surface area contributed by atoms with Gasteiger partial charge in [-0.25, -0.2) is 0 Å². The lowest BCUT2D eigenvalue weighted by atomic mass is 10.0. The predicted octanol–water partition coefficient (Wildman–Crippen LogP) is 2.60. The molecule has 0 aliphatic carbocycles. The molecule has 1 aromatic carbocycles. The summed E-state index contributed by atoms with van der Waals surface area (Å²) in [6, 6.07) is 9.57. The van der Waals surface area contributed by atoms with Crippen LogP contribution in [0.5, 0.6) is 0 Å². The van der Waals surface area contributed by atoms with Gasteiger partial charge in [-0.1, -0.05) is 6.07 Å². The van der Waals surface area contributed by atoms with Crippen LogP contribution in [0.3, 0.4) is 0 Å². The van der Waals surface area contributed by atoms with E-state index in [9.17, 15) is 0 Å². The van der Waals surface area contributed by atoms with Crippen LogP contribution in [-0.4, -0.2) is 11.1 Å². The lowest BCUT2D eigenvalue weighted by Crippen LogP contribution is -2.12. The van der Waals surface area contributed by atoms with Crippen LogP contribution in [0.25, 0.3) is 10.9 Å². The molecular formula is C13H16N2. The van der Waals surface area contributed by atoms with Gasteiger partial charge in [0.05, 0.1) is 0 Å². The van der Waals surface area contributed by atoms with Gasteiger partial charge >= 0.3 is 0 Å². The zero-order valence-corrected chi connectivity index (χ0v) is 9.03. The average molecular weight is 200 g/mol. The molecule has 0 bridgehead atoms. The number of rotatable bonds is 1. The Kier molecular flexibility index (Phi) is 2.03. The molecule has 0 saturated carbocycles. The number of fused-ring (bicyclic) bond motifs is 1. The molecule has 1 fully saturated rings. The van der Waals surface area contributed by atoms with Gasteiger partial charge in [-0.3, -0.25) is 0 Å². The Hall–Kier alpha value is -1.28. The van der Waals surface area contributed by atoms with E-state index < -0.39 is 0 Å². The molecule has 1 aliphatic heterocycles. The van der Waals surface area contributed by atoms with Gasteiger partial charge < -0.3 is 9.88 Å². The molecule has 1 aliphatic rings. The van der Waals surface area contributed by atoms with Crippen molar-refractivity contribution in [2.24, 2.45) is 7.05 Å². The molecule has 3 rings (SSSR count). The second kappa shape index (κ2) is 3.38. The van der Waals surface area contributed by atoms with E-state index in [4.69, 9.17) is 0 Å². The van der Waals surface area contributed by atoms with E-state index in [1.807, 2.05) is 0 Å². The van der Waals surface area contributed by atoms with Crippen molar-refractivity contribution in [2.75, 3.05) is 6.54 Å². The second-order valence-corrected chi connectivity index (χ2v) is 4.39. The van der Waals surface area contributed by atoms with E-state index in [0.717, 1.165) is 6.54 Å². The fourth-order valence-electron chi connectivity index (χ4n) is 2.49. The Balaban J connectivity index is 2.05. The fourth-order valence-corrected chi connectivity index (χ4v) is 2.49. The molecule has 1 atom stereocenters. The zero-order chi connectivity index (χ0) is 10.3. The number of nitrogens with one attached hydrogen (secondary N) is 1. The zero-order valence-electron chi connectivity index (χ0n) is 9.03. The van der Waals surface area contributed by atoms with Crippen molar-refractivity contribution in [3.8, 4) is 0 Å². The number of hydrogen-bond acceptors (Lipinski definition) is 1. The van der Waals surface area contributed by atoms with Gasteiger partial charge in [-0.2, -0.15) is 0 Å². The fraction of sp³-hybridized carbons (Fsp3) is 0.385. The minimum absolute atomic E-state index is 0.578. The predicted molar refractivity (Wildman–Crippen MR) is 62.9 cm³/mol. The third kappa shape index (κ3) is 1.45. The molecule has 2 heterocycles. The van der Waals surface area contributed by atoms with E-state index >= 15 is 0 Å². The van der Waals surface area contributed by atoms with Gasteiger partial charge in [-0.15, -0.1) is 0 Å². The topological polar surface area (TPSA) is 17.0 Å². The molecular weight excluding hydrogens is 184 g/mol. The molecule has 1 saturated heterocycles. The third-order valence-corrected chi connectivity index (χ3v) is 3.37. The van der Waals surface area contributed by atoms with Crippen molar-refractivity contribution >= 4 is 10.9 Å². The van der Waals surface area contributed by atoms with Gasteiger partial charge in [0.1, 0.15) is 0 Å². The van der Waals surface area contributed by atoms with Gasteiger partial charge in [0, 0.05) is 24.8 Å². The van der Waals surface area contributed by atoms with Crippen LogP contribution in [-0.2, 0) is 7.05 Å². The monoisotopic (exact) mass is 200 g/mol. The standard InChI is InChI=1S/C13H16N2/c1-15-8-6-11-9-10(4-5-13(11)15)12-3-2-7-14-12/h4-6,8-9,12,14H,2-3,7H2,1H3/t12-/m1/s1. The smallest absolute Gasteiger partial charge is 0.0477 e. The van der Waals surface area contributed by atoms with Crippen molar-refractivity contribution in [3.63, 3.8) is 0 Å². The maximum Gasteiger partial charge on any atom is 0.0477 e. The van der Waals surface area contributed by atoms with Gasteiger partial charge in [-0.05, 0) is 48.5 Å². The lowest BCUT2D eigenvalue weighted by molar-refractivity contribution is 0.648. The van der Waals surface area contributed by atoms with Crippen LogP contribution in [0.4, 0.5) is 0 Å². The van der Waals surface area contributed by atoms with Gasteiger partial charge in [0.2, 0.25) is 0 Å². The second-order valence-electron chi connectivity index (χ2n) is 4.39. The number of hydrogen-bond donors (Lipinski definition) is 1. The number of aromatic nitrogens is 1. The van der Waals surface area contributed by atoms with Crippen LogP contribution in [0.15, 0.2) is 30.5 Å². The summed E-state index contributed by atoms with van der Waals surface area (Å²) in [5, 5.41) is 4.89. The van der Waals surface area contributed by atoms with Crippen LogP contribution in [0.2, 0.25) is 0 Å². The first-order valence-corrected chi connectivity index (χ1v) is 5.63. The molecule has 78 valence electrons. The first kappa shape index (κ1) is 8.98. The maximum atomic E-state index is 3.54. The Labute approximate surface area is 89.9 Å². The highest BCUT2D eigenvalue weighted by atomic mass is 14.9. The Morgan fingerprint density at radius 2 is 2.27 bits per heavy atom. The Morgan fingerprint density at radius 1 is 1.33 bits per heavy atom. The van der Waals surface area contributed by atoms with E-state index in [1.54, 1.807) is 0 Å². The molecule has 0 amide bonds. The molecule has 2 aromatic rings. The third-order valence-electron chi connectivity index (χ3n) is 3.37. The van der Waals surface area contributed by atoms with E-state index in [0.29, 0.717) is 6.04 Å². The summed E-state index contributed by atoms with van der Waals surface area (Å²) in [5.74, 6) is 0. The first-order chi connectivity index (χ1) is 7.34. The van der Waals surface area contributed by atoms with Crippen molar-refractivity contribution in [2.45, 2.75) is 18.9 Å². The van der Waals surface area contributed by atoms with Crippen LogP contribution in [0, 0.1) is 0 Å². The lowest BCUT2D eigenvalue weighted by Gasteiger charge is -2.10. The SMILES string of the molecule is Cn1ccc2cc([C@H]3CCCN3)ccc21. The highest BCUT2D eigenvalue weighted by Gasteiger charge is 2.16. The summed E-state index contributed by atoms with van der Waals surface area (Å²) in [5.41, 5.74) is 2.75. The van der Waals surface area contributed by atoms with Gasteiger partial charge in [0.25, 0.3) is 0 Å². The number of nitrogens with zero attached hydrogens (tertiary/aromatic N) is 1. The minimum Gasteiger partial charge on any atom is -0.351 e. The van der Waals surface area contributed by atoms with E-state index in [1.165, 1.54) is 29.3 Å². The summed E-state index contributed by atoms with van der Waals surface area (Å²) in [6.07, 6.45) is 4.70. The number of benzene rings is 1. The molecule has 15 heavy (non-hydrogen) atoms. The molecule has 1 N–H and O–H groups in total. The average Bonchev–Trinajstić information content (AvgIpc) is 2.88. The van der Waals surface area contributed by atoms with Crippen molar-refractivity contribution in [1.82, 2.24) is 9.88 Å². The molecule has 2 nitrogen and oxygen atoms in total. The number of aryl methyl sites for hydroxylation is 1. The minimum atomic E-state index is 0.578. The normalized spacial score (nSPS) is 21.3. The summed E-state index contributed by atoms with van der Waals surface area (Å²) < 4.78 is 2.17. The molecule has 0 spiro atoms. The van der Waals surface area contributed by atoms with Crippen molar-refractivity contribution in [1.29, 1.82) is 0 Å². The Bertz CT molecular complexity index is 478.